The van der Waals surface area contributed by atoms with Gasteiger partial charge in [-0.25, -0.2) is 17.9 Å². The monoisotopic (exact) mass is 366 g/mol. The van der Waals surface area contributed by atoms with Gasteiger partial charge in [0.1, 0.15) is 0 Å². The van der Waals surface area contributed by atoms with Gasteiger partial charge in [0, 0.05) is 10.7 Å². The number of benzene rings is 2. The second kappa shape index (κ2) is 6.43. The first-order valence-corrected chi connectivity index (χ1v) is 9.11. The van der Waals surface area contributed by atoms with E-state index in [1.807, 2.05) is 4.72 Å². The number of carbonyl (C=O) groups excluding carboxylic acids is 1. The summed E-state index contributed by atoms with van der Waals surface area (Å²) in [5, 5.41) is 12.7. The van der Waals surface area contributed by atoms with E-state index in [4.69, 9.17) is 11.6 Å². The second-order valence-electron chi connectivity index (χ2n) is 5.48. The number of halogens is 1. The molecule has 1 aliphatic rings. The Morgan fingerprint density at radius 1 is 1.17 bits per heavy atom. The molecule has 2 aromatic carbocycles. The molecule has 0 heterocycles. The third-order valence-corrected chi connectivity index (χ3v) is 5.38. The lowest BCUT2D eigenvalue weighted by Crippen LogP contribution is -2.34. The smallest absolute Gasteiger partial charge is 0.333 e. The van der Waals surface area contributed by atoms with Crippen LogP contribution >= 0.6 is 11.6 Å². The van der Waals surface area contributed by atoms with Gasteiger partial charge in [-0.3, -0.25) is 0 Å². The second-order valence-corrected chi connectivity index (χ2v) is 7.60. The lowest BCUT2D eigenvalue weighted by Gasteiger charge is -2.10. The number of hydrogen-bond donors (Lipinski definition) is 3. The van der Waals surface area contributed by atoms with Crippen molar-refractivity contribution >= 4 is 33.3 Å². The summed E-state index contributed by atoms with van der Waals surface area (Å²) in [4.78, 5) is 11.9. The fraction of sp³-hybridized carbons (Fsp3) is 0.188. The van der Waals surface area contributed by atoms with Crippen molar-refractivity contribution in [3.05, 3.63) is 58.6 Å². The quantitative estimate of drug-likeness (QED) is 0.778. The topological polar surface area (TPSA) is 95.5 Å². The fourth-order valence-electron chi connectivity index (χ4n) is 2.61. The van der Waals surface area contributed by atoms with Gasteiger partial charge in [-0.15, -0.1) is 0 Å². The van der Waals surface area contributed by atoms with Crippen LogP contribution in [0, 0.1) is 0 Å². The summed E-state index contributed by atoms with van der Waals surface area (Å²) in [6.45, 7) is 0. The molecule has 1 unspecified atom stereocenters. The maximum Gasteiger partial charge on any atom is 0.333 e. The van der Waals surface area contributed by atoms with Gasteiger partial charge in [0.15, 0.2) is 0 Å². The number of aliphatic hydroxyl groups is 1. The van der Waals surface area contributed by atoms with Crippen LogP contribution in [0.4, 0.5) is 10.5 Å². The van der Waals surface area contributed by atoms with Crippen molar-refractivity contribution in [2.24, 2.45) is 0 Å². The molecule has 0 saturated heterocycles. The summed E-state index contributed by atoms with van der Waals surface area (Å²) < 4.78 is 26.6. The number of amides is 2. The van der Waals surface area contributed by atoms with E-state index in [2.05, 4.69) is 5.32 Å². The molecular formula is C16H15ClN2O4S. The Morgan fingerprint density at radius 3 is 2.58 bits per heavy atom. The Bertz CT molecular complexity index is 881. The number of carbonyl (C=O) groups is 1. The number of aryl methyl sites for hydroxylation is 1. The zero-order chi connectivity index (χ0) is 17.3. The minimum Gasteiger partial charge on any atom is -0.388 e. The van der Waals surface area contributed by atoms with Crippen molar-refractivity contribution in [3.63, 3.8) is 0 Å². The molecule has 3 rings (SSSR count). The molecule has 0 bridgehead atoms. The zero-order valence-corrected chi connectivity index (χ0v) is 14.1. The highest BCUT2D eigenvalue weighted by molar-refractivity contribution is 7.90. The maximum atomic E-state index is 12.3. The van der Waals surface area contributed by atoms with E-state index in [1.165, 1.54) is 12.1 Å². The van der Waals surface area contributed by atoms with Crippen LogP contribution in [0.15, 0.2) is 47.4 Å². The van der Waals surface area contributed by atoms with E-state index < -0.39 is 22.2 Å². The summed E-state index contributed by atoms with van der Waals surface area (Å²) in [5.41, 5.74) is 1.94. The van der Waals surface area contributed by atoms with Gasteiger partial charge in [-0.2, -0.15) is 0 Å². The fourth-order valence-corrected chi connectivity index (χ4v) is 3.69. The van der Waals surface area contributed by atoms with E-state index in [9.17, 15) is 18.3 Å². The van der Waals surface area contributed by atoms with Gasteiger partial charge >= 0.3 is 6.03 Å². The van der Waals surface area contributed by atoms with Gasteiger partial charge < -0.3 is 10.4 Å². The van der Waals surface area contributed by atoms with Gasteiger partial charge in [-0.05, 0) is 60.4 Å². The van der Waals surface area contributed by atoms with Crippen molar-refractivity contribution in [3.8, 4) is 0 Å². The van der Waals surface area contributed by atoms with Crippen LogP contribution in [0.2, 0.25) is 5.02 Å². The van der Waals surface area contributed by atoms with Crippen LogP contribution in [0.25, 0.3) is 0 Å². The summed E-state index contributed by atoms with van der Waals surface area (Å²) in [7, 11) is -4.00. The van der Waals surface area contributed by atoms with E-state index >= 15 is 0 Å². The lowest BCUT2D eigenvalue weighted by atomic mass is 10.1. The normalized spacial score (nSPS) is 16.5. The van der Waals surface area contributed by atoms with Crippen LogP contribution in [0.5, 0.6) is 0 Å². The molecule has 8 heteroatoms. The number of sulfonamides is 1. The van der Waals surface area contributed by atoms with Crippen molar-refractivity contribution in [1.29, 1.82) is 0 Å². The van der Waals surface area contributed by atoms with E-state index in [0.29, 0.717) is 23.6 Å². The van der Waals surface area contributed by atoms with Crippen LogP contribution in [0.1, 0.15) is 23.7 Å². The van der Waals surface area contributed by atoms with Gasteiger partial charge in [-0.1, -0.05) is 17.7 Å². The standard InChI is InChI=1S/C16H15ClN2O4S/c17-11-2-4-12(5-3-11)18-16(21)19-24(22,23)13-6-7-14-10(9-13)1-8-15(14)20/h2-7,9,15,20H,1,8H2,(H2,18,19,21). The molecule has 24 heavy (non-hydrogen) atoms. The van der Waals surface area contributed by atoms with E-state index in [1.54, 1.807) is 30.3 Å². The van der Waals surface area contributed by atoms with E-state index in [-0.39, 0.29) is 4.90 Å². The van der Waals surface area contributed by atoms with Gasteiger partial charge in [0.25, 0.3) is 10.0 Å². The molecule has 0 aromatic heterocycles. The van der Waals surface area contributed by atoms with Crippen molar-refractivity contribution in [1.82, 2.24) is 4.72 Å². The molecule has 3 N–H and O–H groups in total. The molecule has 0 fully saturated rings. The highest BCUT2D eigenvalue weighted by Gasteiger charge is 2.24. The molecule has 0 radical (unpaired) electrons. The first kappa shape index (κ1) is 16.8. The summed E-state index contributed by atoms with van der Waals surface area (Å²) in [6.07, 6.45) is 0.623. The first-order chi connectivity index (χ1) is 11.3. The summed E-state index contributed by atoms with van der Waals surface area (Å²) in [6, 6.07) is 9.87. The number of fused-ring (bicyclic) bond motifs is 1. The SMILES string of the molecule is O=C(Nc1ccc(Cl)cc1)NS(=O)(=O)c1ccc2c(c1)CCC2O. The summed E-state index contributed by atoms with van der Waals surface area (Å²) >= 11 is 5.75. The minimum atomic E-state index is -4.00. The molecule has 0 saturated carbocycles. The number of hydrogen-bond acceptors (Lipinski definition) is 4. The highest BCUT2D eigenvalue weighted by Crippen LogP contribution is 2.32. The maximum absolute atomic E-state index is 12.3. The molecule has 2 amide bonds. The Balaban J connectivity index is 1.74. The Morgan fingerprint density at radius 2 is 1.88 bits per heavy atom. The third kappa shape index (κ3) is 3.53. The predicted molar refractivity (Wildman–Crippen MR) is 90.5 cm³/mol. The number of anilines is 1. The summed E-state index contributed by atoms with van der Waals surface area (Å²) in [5.74, 6) is 0. The average molecular weight is 367 g/mol. The minimum absolute atomic E-state index is 0.0124. The van der Waals surface area contributed by atoms with Gasteiger partial charge in [0.2, 0.25) is 0 Å². The Labute approximate surface area is 144 Å². The molecule has 1 aliphatic carbocycles. The average Bonchev–Trinajstić information content (AvgIpc) is 2.90. The predicted octanol–water partition coefficient (Wildman–Crippen LogP) is 2.83. The molecule has 0 spiro atoms. The molecular weight excluding hydrogens is 352 g/mol. The van der Waals surface area contributed by atoms with Crippen LogP contribution in [-0.2, 0) is 16.4 Å². The van der Waals surface area contributed by atoms with Crippen molar-refractivity contribution in [2.75, 3.05) is 5.32 Å². The number of nitrogens with one attached hydrogen (secondary N) is 2. The third-order valence-electron chi connectivity index (χ3n) is 3.80. The molecule has 2 aromatic rings. The largest absolute Gasteiger partial charge is 0.388 e. The van der Waals surface area contributed by atoms with Crippen LogP contribution < -0.4 is 10.0 Å². The lowest BCUT2D eigenvalue weighted by molar-refractivity contribution is 0.180. The van der Waals surface area contributed by atoms with E-state index in [0.717, 1.165) is 11.1 Å². The van der Waals surface area contributed by atoms with Crippen LogP contribution in [-0.4, -0.2) is 19.6 Å². The van der Waals surface area contributed by atoms with Gasteiger partial charge in [0.05, 0.1) is 11.0 Å². The number of aliphatic hydroxyl groups excluding tert-OH is 1. The Kier molecular flexibility index (Phi) is 4.49. The van der Waals surface area contributed by atoms with Crippen LogP contribution in [0.3, 0.4) is 0 Å². The highest BCUT2D eigenvalue weighted by atomic mass is 35.5. The molecule has 1 atom stereocenters. The Hall–Kier alpha value is -2.09. The van der Waals surface area contributed by atoms with Crippen molar-refractivity contribution in [2.45, 2.75) is 23.8 Å². The zero-order valence-electron chi connectivity index (χ0n) is 12.5. The molecule has 0 aliphatic heterocycles. The first-order valence-electron chi connectivity index (χ1n) is 7.25. The molecule has 6 nitrogen and oxygen atoms in total. The van der Waals surface area contributed by atoms with Crippen molar-refractivity contribution < 1.29 is 18.3 Å². The molecule has 126 valence electrons. The number of rotatable bonds is 3. The number of urea groups is 1.